The predicted octanol–water partition coefficient (Wildman–Crippen LogP) is 26.6. The first-order valence-corrected chi connectivity index (χ1v) is 37.2. The number of aryl methyl sites for hydroxylation is 10. The summed E-state index contributed by atoms with van der Waals surface area (Å²) in [5.41, 5.74) is 68.9. The van der Waals surface area contributed by atoms with Gasteiger partial charge in [-0.05, 0) is 448 Å². The molecule has 0 saturated carbocycles. The van der Waals surface area contributed by atoms with Crippen molar-refractivity contribution < 1.29 is 0 Å². The van der Waals surface area contributed by atoms with Gasteiger partial charge in [-0.3, -0.25) is 0 Å². The fraction of sp³-hybridized carbons (Fsp3) is 0.287. The first-order chi connectivity index (χ1) is 48.1. The summed E-state index contributed by atoms with van der Waals surface area (Å²) in [6.45, 7) is 51.4. The summed E-state index contributed by atoms with van der Waals surface area (Å²) in [7, 11) is 0. The van der Waals surface area contributed by atoms with Crippen LogP contribution in [0.5, 0.6) is 0 Å². The molecule has 0 heterocycles. The van der Waals surface area contributed by atoms with E-state index in [0.29, 0.717) is 0 Å². The van der Waals surface area contributed by atoms with Gasteiger partial charge in [0.25, 0.3) is 0 Å². The fourth-order valence-electron chi connectivity index (χ4n) is 17.6. The van der Waals surface area contributed by atoms with Crippen molar-refractivity contribution >= 4 is 0 Å². The number of hydrogen-bond donors (Lipinski definition) is 0. The zero-order valence-electron chi connectivity index (χ0n) is 65.2. The fourth-order valence-corrected chi connectivity index (χ4v) is 17.6. The molecule has 0 aliphatic heterocycles. The monoisotopic (exact) mass is 1320 g/mol. The molecule has 0 unspecified atom stereocenters. The Hall–Kier alpha value is -9.36. The SMILES string of the molecule is Cc1c(C)c(C)c2c(c1C)Cc1ccccc1-2.Cc1cc2c(c(C)c1C)Cc1c(C)cccc1-2.Cc1cc2c(c(C)c1C)Cc1cccc(C)c1-2.Cc1ccc2c(c1)-c1cc(C)c(C)c(C)c1C2.Cc1ccc2c(c1)Cc1c-2cc(C)c(C)c1C.Cc1ccc2c(c1C)Cc1c(C)cccc1-2. The molecule has 0 spiro atoms. The lowest BCUT2D eigenvalue weighted by Crippen LogP contribution is -1.98. The van der Waals surface area contributed by atoms with Gasteiger partial charge in [0.1, 0.15) is 0 Å². The molecule has 18 rings (SSSR count). The molecule has 0 bridgehead atoms. The highest BCUT2D eigenvalue weighted by Crippen LogP contribution is 2.48. The Kier molecular flexibility index (Phi) is 19.1. The van der Waals surface area contributed by atoms with Crippen molar-refractivity contribution in [3.8, 4) is 66.8 Å². The average molecular weight is 1320 g/mol. The number of rotatable bonds is 0. The molecular formula is C101H106. The Balaban J connectivity index is 0.000000108. The molecule has 6 aliphatic rings. The highest BCUT2D eigenvalue weighted by atomic mass is 14.3. The van der Waals surface area contributed by atoms with Gasteiger partial charge in [0.2, 0.25) is 0 Å². The van der Waals surface area contributed by atoms with Crippen molar-refractivity contribution in [2.45, 2.75) is 198 Å². The Morgan fingerprint density at radius 1 is 0.158 bits per heavy atom. The lowest BCUT2D eigenvalue weighted by Gasteiger charge is -2.16. The van der Waals surface area contributed by atoms with E-state index in [9.17, 15) is 0 Å². The van der Waals surface area contributed by atoms with Crippen LogP contribution in [0.3, 0.4) is 0 Å². The van der Waals surface area contributed by atoms with Crippen molar-refractivity contribution in [1.82, 2.24) is 0 Å². The summed E-state index contributed by atoms with van der Waals surface area (Å²) in [4.78, 5) is 0. The lowest BCUT2D eigenvalue weighted by atomic mass is 9.89. The van der Waals surface area contributed by atoms with E-state index in [1.807, 2.05) is 0 Å². The molecule has 0 fully saturated rings. The van der Waals surface area contributed by atoms with Crippen LogP contribution in [0.15, 0.2) is 152 Å². The zero-order valence-corrected chi connectivity index (χ0v) is 65.2. The number of benzene rings is 12. The van der Waals surface area contributed by atoms with E-state index in [4.69, 9.17) is 0 Å². The second kappa shape index (κ2) is 27.5. The van der Waals surface area contributed by atoms with Crippen LogP contribution in [0.4, 0.5) is 0 Å². The molecule has 510 valence electrons. The van der Waals surface area contributed by atoms with Gasteiger partial charge in [0.05, 0.1) is 0 Å². The second-order valence-corrected chi connectivity index (χ2v) is 31.1. The third kappa shape index (κ3) is 12.5. The Morgan fingerprint density at radius 2 is 0.535 bits per heavy atom. The largest absolute Gasteiger partial charge is 0.0619 e. The van der Waals surface area contributed by atoms with Crippen molar-refractivity contribution in [3.63, 3.8) is 0 Å². The molecule has 0 aromatic heterocycles. The van der Waals surface area contributed by atoms with Gasteiger partial charge in [-0.15, -0.1) is 0 Å². The Labute approximate surface area is 607 Å². The van der Waals surface area contributed by atoms with Gasteiger partial charge in [-0.25, -0.2) is 0 Å². The molecule has 0 heteroatoms. The van der Waals surface area contributed by atoms with Crippen molar-refractivity contribution in [1.29, 1.82) is 0 Å². The van der Waals surface area contributed by atoms with Crippen molar-refractivity contribution in [2.75, 3.05) is 0 Å². The van der Waals surface area contributed by atoms with Gasteiger partial charge < -0.3 is 0 Å². The Bertz CT molecular complexity index is 5390. The maximum Gasteiger partial charge on any atom is -0.000809 e. The molecule has 12 aromatic carbocycles. The van der Waals surface area contributed by atoms with E-state index < -0.39 is 0 Å². The second-order valence-electron chi connectivity index (χ2n) is 31.1. The zero-order chi connectivity index (χ0) is 72.1. The van der Waals surface area contributed by atoms with Gasteiger partial charge in [0.15, 0.2) is 0 Å². The topological polar surface area (TPSA) is 0 Å². The van der Waals surface area contributed by atoms with E-state index >= 15 is 0 Å². The molecule has 0 radical (unpaired) electrons. The van der Waals surface area contributed by atoms with Gasteiger partial charge in [0, 0.05) is 0 Å². The summed E-state index contributed by atoms with van der Waals surface area (Å²) in [6.07, 6.45) is 6.67. The van der Waals surface area contributed by atoms with Crippen LogP contribution >= 0.6 is 0 Å². The first-order valence-electron chi connectivity index (χ1n) is 37.2. The quantitative estimate of drug-likeness (QED) is 0.142. The summed E-state index contributed by atoms with van der Waals surface area (Å²) in [6, 6.07) is 56.4. The van der Waals surface area contributed by atoms with Gasteiger partial charge in [-0.1, -0.05) is 163 Å². The molecule has 0 amide bonds. The maximum absolute atomic E-state index is 2.37. The lowest BCUT2D eigenvalue weighted by molar-refractivity contribution is 1.15. The summed E-state index contributed by atoms with van der Waals surface area (Å²) < 4.78 is 0. The number of hydrogen-bond acceptors (Lipinski definition) is 0. The molecule has 0 saturated heterocycles. The molecule has 0 atom stereocenters. The van der Waals surface area contributed by atoms with E-state index in [0.717, 1.165) is 38.5 Å². The van der Waals surface area contributed by atoms with E-state index in [1.54, 1.807) is 5.56 Å². The highest BCUT2D eigenvalue weighted by molar-refractivity contribution is 5.86. The van der Waals surface area contributed by atoms with Gasteiger partial charge >= 0.3 is 0 Å². The molecular weight excluding hydrogens is 1210 g/mol. The minimum absolute atomic E-state index is 1.11. The van der Waals surface area contributed by atoms with Crippen LogP contribution < -0.4 is 0 Å². The minimum Gasteiger partial charge on any atom is -0.0619 e. The van der Waals surface area contributed by atoms with Crippen LogP contribution in [0.2, 0.25) is 0 Å². The van der Waals surface area contributed by atoms with Crippen LogP contribution in [-0.4, -0.2) is 0 Å². The normalized spacial score (nSPS) is 12.5. The standard InChI is InChI=1S/5C17H18.C16H16/c1-10-5-6-15-14(7-10)9-16-13(4)12(3)11(2)8-17(15)16;1-10-5-6-14-9-15-13(4)12(3)11(2)8-17(15)16(14)7-10;1-10-6-5-7-14-15(10)9-16-13(4)12(3)11(2)8-17(14)16;1-10-6-5-7-14-9-15-13(4)12(3)11(2)8-16(15)17(10)14;1-10-11(2)13(4)17-15-8-6-5-7-14(15)9-16(17)12(10)3;1-10-7-8-14-13-6-4-5-11(2)15(13)9-16(14)12(10)3/h5*5-8H,9H2,1-4H3;4-8H,9H2,1-3H3. The van der Waals surface area contributed by atoms with E-state index in [1.165, 1.54) is 256 Å². The van der Waals surface area contributed by atoms with E-state index in [-0.39, 0.29) is 0 Å². The van der Waals surface area contributed by atoms with Crippen molar-refractivity contribution in [3.05, 3.63) is 346 Å². The minimum atomic E-state index is 1.11. The van der Waals surface area contributed by atoms with E-state index in [2.05, 4.69) is 311 Å². The summed E-state index contributed by atoms with van der Waals surface area (Å²) in [5, 5.41) is 0. The van der Waals surface area contributed by atoms with Crippen molar-refractivity contribution in [2.24, 2.45) is 0 Å². The van der Waals surface area contributed by atoms with Crippen LogP contribution in [0, 0.1) is 159 Å². The molecule has 101 heavy (non-hydrogen) atoms. The predicted molar refractivity (Wildman–Crippen MR) is 437 cm³/mol. The highest BCUT2D eigenvalue weighted by Gasteiger charge is 2.29. The van der Waals surface area contributed by atoms with Crippen LogP contribution in [-0.2, 0) is 38.5 Å². The summed E-state index contributed by atoms with van der Waals surface area (Å²) >= 11 is 0. The smallest absolute Gasteiger partial charge is 0.000809 e. The maximum atomic E-state index is 2.37. The molecule has 12 aromatic rings. The van der Waals surface area contributed by atoms with Crippen LogP contribution in [0.25, 0.3) is 66.8 Å². The third-order valence-electron chi connectivity index (χ3n) is 25.5. The number of fused-ring (bicyclic) bond motifs is 18. The van der Waals surface area contributed by atoms with Gasteiger partial charge in [-0.2, -0.15) is 0 Å². The summed E-state index contributed by atoms with van der Waals surface area (Å²) in [5.74, 6) is 0. The average Bonchev–Trinajstić information content (AvgIpc) is 1.67. The molecule has 6 aliphatic carbocycles. The third-order valence-corrected chi connectivity index (χ3v) is 25.5. The molecule has 0 N–H and O–H groups in total. The first kappa shape index (κ1) is 70.1. The Morgan fingerprint density at radius 3 is 1.13 bits per heavy atom. The van der Waals surface area contributed by atoms with Crippen LogP contribution in [0.1, 0.15) is 195 Å². The molecule has 0 nitrogen and oxygen atoms in total.